The molecule has 1 atom stereocenters. The third-order valence-corrected chi connectivity index (χ3v) is 3.65. The van der Waals surface area contributed by atoms with Crippen molar-refractivity contribution in [1.29, 1.82) is 0 Å². The topological polar surface area (TPSA) is 54.5 Å². The fourth-order valence-corrected chi connectivity index (χ4v) is 2.57. The minimum Gasteiger partial charge on any atom is -0.444 e. The highest BCUT2D eigenvalue weighted by molar-refractivity contribution is 9.10. The highest BCUT2D eigenvalue weighted by Gasteiger charge is 2.24. The Morgan fingerprint density at radius 2 is 2.24 bits per heavy atom. The SMILES string of the molecule is CC(C)(C)OC(=O)N[C@@H]1CCCN(c2ccc(Br)cn2)C1. The molecule has 1 aromatic heterocycles. The Balaban J connectivity index is 1.91. The van der Waals surface area contributed by atoms with Crippen LogP contribution in [0.3, 0.4) is 0 Å². The van der Waals surface area contributed by atoms with Crippen LogP contribution < -0.4 is 10.2 Å². The van der Waals surface area contributed by atoms with Gasteiger partial charge < -0.3 is 15.0 Å². The van der Waals surface area contributed by atoms with Gasteiger partial charge in [-0.15, -0.1) is 0 Å². The number of anilines is 1. The molecular weight excluding hydrogens is 334 g/mol. The highest BCUT2D eigenvalue weighted by Crippen LogP contribution is 2.20. The first-order valence-corrected chi connectivity index (χ1v) is 7.99. The van der Waals surface area contributed by atoms with E-state index in [4.69, 9.17) is 4.74 Å². The van der Waals surface area contributed by atoms with Crippen LogP contribution in [0.15, 0.2) is 22.8 Å². The number of nitrogens with one attached hydrogen (secondary N) is 1. The molecule has 0 radical (unpaired) electrons. The number of hydrogen-bond donors (Lipinski definition) is 1. The van der Waals surface area contributed by atoms with Gasteiger partial charge in [0, 0.05) is 29.8 Å². The number of carbonyl (C=O) groups excluding carboxylic acids is 1. The van der Waals surface area contributed by atoms with Crippen LogP contribution in [0, 0.1) is 0 Å². The maximum Gasteiger partial charge on any atom is 0.407 e. The van der Waals surface area contributed by atoms with Gasteiger partial charge in [0.25, 0.3) is 0 Å². The maximum absolute atomic E-state index is 11.8. The van der Waals surface area contributed by atoms with Crippen molar-refractivity contribution >= 4 is 27.8 Å². The number of carbonyl (C=O) groups is 1. The van der Waals surface area contributed by atoms with E-state index in [2.05, 4.69) is 31.1 Å². The molecule has 0 aromatic carbocycles. The Kier molecular flexibility index (Phi) is 5.08. The van der Waals surface area contributed by atoms with Crippen LogP contribution in [-0.4, -0.2) is 35.8 Å². The Bertz CT molecular complexity index is 485. The van der Waals surface area contributed by atoms with Crippen LogP contribution in [0.1, 0.15) is 33.6 Å². The molecule has 0 spiro atoms. The highest BCUT2D eigenvalue weighted by atomic mass is 79.9. The molecule has 0 bridgehead atoms. The summed E-state index contributed by atoms with van der Waals surface area (Å²) in [5, 5.41) is 2.95. The van der Waals surface area contributed by atoms with Gasteiger partial charge in [-0.2, -0.15) is 0 Å². The Morgan fingerprint density at radius 1 is 1.48 bits per heavy atom. The quantitative estimate of drug-likeness (QED) is 0.883. The van der Waals surface area contributed by atoms with Gasteiger partial charge in [0.05, 0.1) is 0 Å². The monoisotopic (exact) mass is 355 g/mol. The van der Waals surface area contributed by atoms with E-state index in [0.717, 1.165) is 36.2 Å². The summed E-state index contributed by atoms with van der Waals surface area (Å²) >= 11 is 3.39. The number of rotatable bonds is 2. The Morgan fingerprint density at radius 3 is 2.86 bits per heavy atom. The van der Waals surface area contributed by atoms with Crippen LogP contribution in [0.4, 0.5) is 10.6 Å². The van der Waals surface area contributed by atoms with E-state index in [1.807, 2.05) is 32.9 Å². The van der Waals surface area contributed by atoms with Crippen LogP contribution >= 0.6 is 15.9 Å². The first-order valence-electron chi connectivity index (χ1n) is 7.19. The van der Waals surface area contributed by atoms with Crippen molar-refractivity contribution in [3.05, 3.63) is 22.8 Å². The Labute approximate surface area is 134 Å². The van der Waals surface area contributed by atoms with Crippen molar-refractivity contribution in [2.45, 2.75) is 45.3 Å². The van der Waals surface area contributed by atoms with E-state index in [0.29, 0.717) is 0 Å². The van der Waals surface area contributed by atoms with Crippen molar-refractivity contribution in [2.75, 3.05) is 18.0 Å². The summed E-state index contributed by atoms with van der Waals surface area (Å²) in [4.78, 5) is 18.4. The van der Waals surface area contributed by atoms with Crippen molar-refractivity contribution < 1.29 is 9.53 Å². The number of piperidine rings is 1. The van der Waals surface area contributed by atoms with E-state index in [-0.39, 0.29) is 12.1 Å². The largest absolute Gasteiger partial charge is 0.444 e. The Hall–Kier alpha value is -1.30. The standard InChI is InChI=1S/C15H22BrN3O2/c1-15(2,3)21-14(20)18-12-5-4-8-19(10-12)13-7-6-11(16)9-17-13/h6-7,9,12H,4-5,8,10H2,1-3H3,(H,18,20)/t12-/m1/s1. The summed E-state index contributed by atoms with van der Waals surface area (Å²) in [6, 6.07) is 4.06. The molecule has 1 saturated heterocycles. The number of amides is 1. The molecule has 21 heavy (non-hydrogen) atoms. The van der Waals surface area contributed by atoms with Crippen LogP contribution in [0.25, 0.3) is 0 Å². The normalized spacial score (nSPS) is 19.2. The summed E-state index contributed by atoms with van der Waals surface area (Å²) in [5.74, 6) is 0.939. The zero-order chi connectivity index (χ0) is 15.5. The third kappa shape index (κ3) is 5.19. The van der Waals surface area contributed by atoms with E-state index in [9.17, 15) is 4.79 Å². The van der Waals surface area contributed by atoms with Crippen molar-refractivity contribution in [1.82, 2.24) is 10.3 Å². The zero-order valence-corrected chi connectivity index (χ0v) is 14.3. The third-order valence-electron chi connectivity index (χ3n) is 3.18. The fraction of sp³-hybridized carbons (Fsp3) is 0.600. The lowest BCUT2D eigenvalue weighted by Gasteiger charge is -2.34. The first-order chi connectivity index (χ1) is 9.83. The molecule has 0 unspecified atom stereocenters. The molecule has 6 heteroatoms. The lowest BCUT2D eigenvalue weighted by atomic mass is 10.1. The van der Waals surface area contributed by atoms with Gasteiger partial charge in [0.1, 0.15) is 11.4 Å². The molecule has 116 valence electrons. The summed E-state index contributed by atoms with van der Waals surface area (Å²) in [6.45, 7) is 7.32. The molecule has 1 aromatic rings. The minimum absolute atomic E-state index is 0.0963. The summed E-state index contributed by atoms with van der Waals surface area (Å²) in [6.07, 6.45) is 3.43. The van der Waals surface area contributed by atoms with Crippen molar-refractivity contribution in [2.24, 2.45) is 0 Å². The molecule has 1 aliphatic heterocycles. The number of pyridine rings is 1. The van der Waals surface area contributed by atoms with Gasteiger partial charge in [0.15, 0.2) is 0 Å². The van der Waals surface area contributed by atoms with Gasteiger partial charge in [-0.3, -0.25) is 0 Å². The second-order valence-electron chi connectivity index (χ2n) is 6.27. The summed E-state index contributed by atoms with van der Waals surface area (Å²) in [7, 11) is 0. The molecule has 5 nitrogen and oxygen atoms in total. The number of ether oxygens (including phenoxy) is 1. The van der Waals surface area contributed by atoms with E-state index >= 15 is 0 Å². The van der Waals surface area contributed by atoms with Crippen molar-refractivity contribution in [3.63, 3.8) is 0 Å². The van der Waals surface area contributed by atoms with Gasteiger partial charge in [-0.1, -0.05) is 0 Å². The summed E-state index contributed by atoms with van der Waals surface area (Å²) < 4.78 is 6.27. The fourth-order valence-electron chi connectivity index (χ4n) is 2.33. The molecule has 1 aliphatic rings. The number of alkyl carbamates (subject to hydrolysis) is 1. The zero-order valence-electron chi connectivity index (χ0n) is 12.7. The number of nitrogens with zero attached hydrogens (tertiary/aromatic N) is 2. The van der Waals surface area contributed by atoms with Gasteiger partial charge in [0.2, 0.25) is 0 Å². The molecule has 0 saturated carbocycles. The van der Waals surface area contributed by atoms with Gasteiger partial charge >= 0.3 is 6.09 Å². The molecule has 0 aliphatic carbocycles. The summed E-state index contributed by atoms with van der Waals surface area (Å²) in [5.41, 5.74) is -0.467. The predicted octanol–water partition coefficient (Wildman–Crippen LogP) is 3.34. The average molecular weight is 356 g/mol. The van der Waals surface area contributed by atoms with Crippen LogP contribution in [-0.2, 0) is 4.74 Å². The molecule has 2 heterocycles. The van der Waals surface area contributed by atoms with Gasteiger partial charge in [-0.05, 0) is 61.7 Å². The first kappa shape index (κ1) is 16.1. The van der Waals surface area contributed by atoms with Crippen molar-refractivity contribution in [3.8, 4) is 0 Å². The number of hydrogen-bond acceptors (Lipinski definition) is 4. The molecular formula is C15H22BrN3O2. The second-order valence-corrected chi connectivity index (χ2v) is 7.18. The smallest absolute Gasteiger partial charge is 0.407 e. The molecule has 1 fully saturated rings. The second kappa shape index (κ2) is 6.64. The molecule has 1 N–H and O–H groups in total. The average Bonchev–Trinajstić information content (AvgIpc) is 2.37. The minimum atomic E-state index is -0.467. The van der Waals surface area contributed by atoms with Gasteiger partial charge in [-0.25, -0.2) is 9.78 Å². The lowest BCUT2D eigenvalue weighted by molar-refractivity contribution is 0.0500. The lowest BCUT2D eigenvalue weighted by Crippen LogP contribution is -2.49. The number of aromatic nitrogens is 1. The molecule has 1 amide bonds. The van der Waals surface area contributed by atoms with E-state index < -0.39 is 5.60 Å². The van der Waals surface area contributed by atoms with Crippen LogP contribution in [0.5, 0.6) is 0 Å². The predicted molar refractivity (Wildman–Crippen MR) is 86.5 cm³/mol. The maximum atomic E-state index is 11.8. The van der Waals surface area contributed by atoms with E-state index in [1.165, 1.54) is 0 Å². The molecule has 2 rings (SSSR count). The van der Waals surface area contributed by atoms with Crippen LogP contribution in [0.2, 0.25) is 0 Å². The van der Waals surface area contributed by atoms with E-state index in [1.54, 1.807) is 6.20 Å². The number of halogens is 1.